The summed E-state index contributed by atoms with van der Waals surface area (Å²) in [7, 11) is 0. The van der Waals surface area contributed by atoms with Gasteiger partial charge in [-0.1, -0.05) is 19.3 Å². The van der Waals surface area contributed by atoms with Crippen molar-refractivity contribution in [1.82, 2.24) is 14.3 Å². The summed E-state index contributed by atoms with van der Waals surface area (Å²) in [4.78, 5) is 12.8. The van der Waals surface area contributed by atoms with Crippen molar-refractivity contribution in [3.05, 3.63) is 35.4 Å². The molecule has 1 aliphatic rings. The summed E-state index contributed by atoms with van der Waals surface area (Å²) in [6.45, 7) is 10.4. The Balaban J connectivity index is 1.79. The Morgan fingerprint density at radius 2 is 1.88 bits per heavy atom. The lowest BCUT2D eigenvalue weighted by Gasteiger charge is -2.26. The monoisotopic (exact) mass is 342 g/mol. The number of nitrogens with one attached hydrogen (secondary N) is 1. The van der Waals surface area contributed by atoms with Crippen molar-refractivity contribution in [2.24, 2.45) is 0 Å². The van der Waals surface area contributed by atoms with Gasteiger partial charge in [0.1, 0.15) is 0 Å². The molecule has 2 heterocycles. The fourth-order valence-electron chi connectivity index (χ4n) is 3.86. The molecule has 0 spiro atoms. The zero-order valence-corrected chi connectivity index (χ0v) is 16.1. The third-order valence-electron chi connectivity index (χ3n) is 5.20. The molecule has 0 atom stereocenters. The van der Waals surface area contributed by atoms with E-state index in [1.807, 2.05) is 16.9 Å². The van der Waals surface area contributed by atoms with Gasteiger partial charge in [-0.25, -0.2) is 0 Å². The molecule has 5 heteroatoms. The van der Waals surface area contributed by atoms with Gasteiger partial charge in [-0.2, -0.15) is 5.10 Å². The van der Waals surface area contributed by atoms with Gasteiger partial charge >= 0.3 is 0 Å². The lowest BCUT2D eigenvalue weighted by molar-refractivity contribution is 0.102. The van der Waals surface area contributed by atoms with Gasteiger partial charge in [0.05, 0.1) is 23.0 Å². The van der Waals surface area contributed by atoms with Crippen LogP contribution in [0.5, 0.6) is 0 Å². The fourth-order valence-corrected chi connectivity index (χ4v) is 3.86. The summed E-state index contributed by atoms with van der Waals surface area (Å²) in [6, 6.07) is 2.56. The normalized spacial score (nSPS) is 16.2. The highest BCUT2D eigenvalue weighted by atomic mass is 16.1. The van der Waals surface area contributed by atoms with Crippen molar-refractivity contribution >= 4 is 11.6 Å². The van der Waals surface area contributed by atoms with E-state index >= 15 is 0 Å². The van der Waals surface area contributed by atoms with E-state index in [0.717, 1.165) is 16.9 Å². The number of carbonyl (C=O) groups is 1. The predicted molar refractivity (Wildman–Crippen MR) is 101 cm³/mol. The molecule has 1 fully saturated rings. The van der Waals surface area contributed by atoms with Crippen LogP contribution in [-0.4, -0.2) is 20.3 Å². The molecule has 136 valence electrons. The Kier molecular flexibility index (Phi) is 4.76. The first-order valence-electron chi connectivity index (χ1n) is 9.32. The maximum atomic E-state index is 12.8. The zero-order chi connectivity index (χ0) is 18.2. The molecule has 1 amide bonds. The first-order chi connectivity index (χ1) is 11.8. The van der Waals surface area contributed by atoms with E-state index in [0.29, 0.717) is 6.04 Å². The highest BCUT2D eigenvalue weighted by Crippen LogP contribution is 2.32. The van der Waals surface area contributed by atoms with Gasteiger partial charge < -0.3 is 9.88 Å². The first kappa shape index (κ1) is 17.8. The van der Waals surface area contributed by atoms with Crippen LogP contribution >= 0.6 is 0 Å². The fraction of sp³-hybridized carbons (Fsp3) is 0.600. The third kappa shape index (κ3) is 3.65. The Morgan fingerprint density at radius 1 is 1.20 bits per heavy atom. The summed E-state index contributed by atoms with van der Waals surface area (Å²) >= 11 is 0. The predicted octanol–water partition coefficient (Wildman–Crippen LogP) is 4.81. The Labute approximate surface area is 150 Å². The highest BCUT2D eigenvalue weighted by molar-refractivity contribution is 6.05. The van der Waals surface area contributed by atoms with Gasteiger partial charge in [0.15, 0.2) is 0 Å². The van der Waals surface area contributed by atoms with Crippen LogP contribution in [-0.2, 0) is 5.54 Å². The van der Waals surface area contributed by atoms with Crippen LogP contribution in [0.25, 0.3) is 0 Å². The summed E-state index contributed by atoms with van der Waals surface area (Å²) in [5.74, 6) is -0.0522. The number of aromatic nitrogens is 3. The van der Waals surface area contributed by atoms with Crippen molar-refractivity contribution in [2.45, 2.75) is 78.3 Å². The molecule has 0 aliphatic heterocycles. The molecule has 0 aromatic carbocycles. The number of amides is 1. The number of hydrogen-bond donors (Lipinski definition) is 1. The number of carbonyl (C=O) groups excluding carboxylic acids is 1. The summed E-state index contributed by atoms with van der Waals surface area (Å²) in [6.07, 6.45) is 9.94. The molecule has 1 aliphatic carbocycles. The van der Waals surface area contributed by atoms with Gasteiger partial charge in [0.25, 0.3) is 5.91 Å². The van der Waals surface area contributed by atoms with Crippen LogP contribution in [0.4, 0.5) is 5.69 Å². The van der Waals surface area contributed by atoms with Crippen LogP contribution in [0.15, 0.2) is 18.5 Å². The third-order valence-corrected chi connectivity index (χ3v) is 5.20. The zero-order valence-electron chi connectivity index (χ0n) is 16.1. The van der Waals surface area contributed by atoms with E-state index in [4.69, 9.17) is 0 Å². The van der Waals surface area contributed by atoms with E-state index in [9.17, 15) is 4.79 Å². The second-order valence-corrected chi connectivity index (χ2v) is 8.25. The van der Waals surface area contributed by atoms with Crippen molar-refractivity contribution in [2.75, 3.05) is 5.32 Å². The minimum absolute atomic E-state index is 0.0522. The molecule has 3 rings (SSSR count). The number of anilines is 1. The second kappa shape index (κ2) is 6.70. The Bertz CT molecular complexity index is 757. The topological polar surface area (TPSA) is 51.9 Å². The SMILES string of the molecule is Cc1cc(C(=O)Nc2cnn(C(C)(C)C)c2)c(C)n1C1CCCCC1. The largest absolute Gasteiger partial charge is 0.345 e. The molecule has 2 aromatic heterocycles. The highest BCUT2D eigenvalue weighted by Gasteiger charge is 2.23. The quantitative estimate of drug-likeness (QED) is 0.870. The van der Waals surface area contributed by atoms with Crippen LogP contribution in [0.2, 0.25) is 0 Å². The van der Waals surface area contributed by atoms with E-state index in [1.54, 1.807) is 6.20 Å². The molecule has 5 nitrogen and oxygen atoms in total. The van der Waals surface area contributed by atoms with Crippen molar-refractivity contribution < 1.29 is 4.79 Å². The van der Waals surface area contributed by atoms with E-state index in [1.165, 1.54) is 37.8 Å². The smallest absolute Gasteiger partial charge is 0.257 e. The van der Waals surface area contributed by atoms with Crippen LogP contribution in [0.1, 0.15) is 80.7 Å². The average Bonchev–Trinajstić information content (AvgIpc) is 3.13. The van der Waals surface area contributed by atoms with Gasteiger partial charge in [0, 0.05) is 23.6 Å². The first-order valence-corrected chi connectivity index (χ1v) is 9.32. The minimum atomic E-state index is -0.0974. The number of nitrogens with zero attached hydrogens (tertiary/aromatic N) is 3. The molecule has 0 radical (unpaired) electrons. The lowest BCUT2D eigenvalue weighted by atomic mass is 9.95. The van der Waals surface area contributed by atoms with Crippen molar-refractivity contribution in [3.63, 3.8) is 0 Å². The Morgan fingerprint density at radius 3 is 2.48 bits per heavy atom. The minimum Gasteiger partial charge on any atom is -0.345 e. The molecular weight excluding hydrogens is 312 g/mol. The molecule has 0 bridgehead atoms. The van der Waals surface area contributed by atoms with Crippen LogP contribution in [0, 0.1) is 13.8 Å². The summed E-state index contributed by atoms with van der Waals surface area (Å²) in [5.41, 5.74) is 3.67. The summed E-state index contributed by atoms with van der Waals surface area (Å²) < 4.78 is 4.24. The summed E-state index contributed by atoms with van der Waals surface area (Å²) in [5, 5.41) is 7.35. The Hall–Kier alpha value is -2.04. The van der Waals surface area contributed by atoms with E-state index in [2.05, 4.69) is 49.6 Å². The number of aryl methyl sites for hydroxylation is 1. The molecule has 1 N–H and O–H groups in total. The van der Waals surface area contributed by atoms with E-state index < -0.39 is 0 Å². The van der Waals surface area contributed by atoms with Crippen LogP contribution in [0.3, 0.4) is 0 Å². The average molecular weight is 342 g/mol. The standard InChI is InChI=1S/C20H30N4O/c1-14-11-18(15(2)24(14)17-9-7-6-8-10-17)19(25)22-16-12-21-23(13-16)20(3,4)5/h11-13,17H,6-10H2,1-5H3,(H,22,25). The van der Waals surface area contributed by atoms with Gasteiger partial charge in [0.2, 0.25) is 0 Å². The number of hydrogen-bond acceptors (Lipinski definition) is 2. The van der Waals surface area contributed by atoms with E-state index in [-0.39, 0.29) is 11.4 Å². The van der Waals surface area contributed by atoms with Crippen LogP contribution < -0.4 is 5.32 Å². The van der Waals surface area contributed by atoms with Gasteiger partial charge in [-0.15, -0.1) is 0 Å². The van der Waals surface area contributed by atoms with Crippen molar-refractivity contribution in [1.29, 1.82) is 0 Å². The molecule has 1 saturated carbocycles. The molecule has 25 heavy (non-hydrogen) atoms. The maximum Gasteiger partial charge on any atom is 0.257 e. The second-order valence-electron chi connectivity index (χ2n) is 8.25. The molecule has 0 unspecified atom stereocenters. The van der Waals surface area contributed by atoms with Crippen molar-refractivity contribution in [3.8, 4) is 0 Å². The van der Waals surface area contributed by atoms with Gasteiger partial charge in [-0.3, -0.25) is 9.48 Å². The molecular formula is C20H30N4O. The maximum absolute atomic E-state index is 12.8. The van der Waals surface area contributed by atoms with Gasteiger partial charge in [-0.05, 0) is 53.5 Å². The lowest BCUT2D eigenvalue weighted by Crippen LogP contribution is -2.22. The molecule has 0 saturated heterocycles. The molecule has 2 aromatic rings. The number of rotatable bonds is 3.